The van der Waals surface area contributed by atoms with Gasteiger partial charge in [-0.2, -0.15) is 0 Å². The van der Waals surface area contributed by atoms with Gasteiger partial charge in [0.15, 0.2) is 0 Å². The number of nitrogens with zero attached hydrogens (tertiary/aromatic N) is 2. The van der Waals surface area contributed by atoms with E-state index < -0.39 is 5.91 Å². The number of fused-ring (bicyclic) bond motifs is 2. The molecule has 0 saturated carbocycles. The summed E-state index contributed by atoms with van der Waals surface area (Å²) in [7, 11) is 3.06. The highest BCUT2D eigenvalue weighted by Crippen LogP contribution is 2.42. The highest BCUT2D eigenvalue weighted by Gasteiger charge is 2.30. The van der Waals surface area contributed by atoms with Crippen LogP contribution in [0.5, 0.6) is 11.5 Å². The Balaban J connectivity index is 1.49. The van der Waals surface area contributed by atoms with Crippen LogP contribution in [-0.2, 0) is 4.79 Å². The number of methoxy groups -OCH3 is 2. The third-order valence-corrected chi connectivity index (χ3v) is 7.60. The van der Waals surface area contributed by atoms with Crippen molar-refractivity contribution in [3.05, 3.63) is 71.8 Å². The monoisotopic (exact) mass is 517 g/mol. The molecule has 0 unspecified atom stereocenters. The lowest BCUT2D eigenvalue weighted by Gasteiger charge is -2.24. The van der Waals surface area contributed by atoms with Crippen LogP contribution in [-0.4, -0.2) is 56.5 Å². The number of nitrogens with one attached hydrogen (secondary N) is 1. The topological polar surface area (TPSA) is 88.2 Å². The number of likely N-dealkylation sites (tertiary alicyclic amines) is 1. The summed E-state index contributed by atoms with van der Waals surface area (Å²) in [4.78, 5) is 45.0. The second-order valence-corrected chi connectivity index (χ2v) is 9.87. The van der Waals surface area contributed by atoms with Crippen LogP contribution in [0.25, 0.3) is 0 Å². The van der Waals surface area contributed by atoms with E-state index in [0.29, 0.717) is 34.0 Å². The van der Waals surface area contributed by atoms with Crippen LogP contribution in [0.2, 0.25) is 0 Å². The molecule has 37 heavy (non-hydrogen) atoms. The van der Waals surface area contributed by atoms with Gasteiger partial charge >= 0.3 is 0 Å². The van der Waals surface area contributed by atoms with Crippen molar-refractivity contribution < 1.29 is 23.9 Å². The van der Waals surface area contributed by atoms with Crippen LogP contribution >= 0.6 is 11.8 Å². The van der Waals surface area contributed by atoms with E-state index in [0.717, 1.165) is 35.7 Å². The fourth-order valence-electron chi connectivity index (χ4n) is 4.55. The van der Waals surface area contributed by atoms with E-state index >= 15 is 0 Å². The zero-order valence-electron chi connectivity index (χ0n) is 20.7. The van der Waals surface area contributed by atoms with Crippen molar-refractivity contribution in [1.29, 1.82) is 0 Å². The maximum atomic E-state index is 13.7. The summed E-state index contributed by atoms with van der Waals surface area (Å²) in [6.45, 7) is 1.22. The number of carbonyl (C=O) groups excluding carboxylic acids is 3. The Morgan fingerprint density at radius 3 is 2.49 bits per heavy atom. The first-order valence-electron chi connectivity index (χ1n) is 12.0. The largest absolute Gasteiger partial charge is 0.497 e. The third kappa shape index (κ3) is 4.99. The molecule has 0 atom stereocenters. The lowest BCUT2D eigenvalue weighted by molar-refractivity contribution is -0.114. The van der Waals surface area contributed by atoms with Gasteiger partial charge in [-0.3, -0.25) is 19.3 Å². The van der Waals surface area contributed by atoms with Crippen molar-refractivity contribution in [2.24, 2.45) is 0 Å². The Morgan fingerprint density at radius 2 is 1.73 bits per heavy atom. The minimum Gasteiger partial charge on any atom is -0.497 e. The number of hydrogen-bond acceptors (Lipinski definition) is 6. The molecule has 0 bridgehead atoms. The average molecular weight is 518 g/mol. The summed E-state index contributed by atoms with van der Waals surface area (Å²) in [5.74, 6) is 0.268. The van der Waals surface area contributed by atoms with Gasteiger partial charge in [-0.25, -0.2) is 0 Å². The summed E-state index contributed by atoms with van der Waals surface area (Å²) >= 11 is 1.45. The molecular weight excluding hydrogens is 490 g/mol. The molecule has 3 amide bonds. The number of benzene rings is 3. The van der Waals surface area contributed by atoms with Gasteiger partial charge in [-0.15, -0.1) is 0 Å². The second-order valence-electron chi connectivity index (χ2n) is 8.79. The standard InChI is InChI=1S/C28H27N3O5S/c1-35-19-10-11-21(23(16-19)36-2)29-26(32)17-31-22-15-18(27(33)30-13-5-6-14-30)9-12-25(22)37-24-8-4-3-7-20(24)28(31)34/h3-4,7-12,15-16H,5-6,13-14,17H2,1-2H3,(H,29,32). The molecule has 5 rings (SSSR count). The van der Waals surface area contributed by atoms with Crippen LogP contribution in [0.15, 0.2) is 70.5 Å². The molecule has 1 fully saturated rings. The van der Waals surface area contributed by atoms with E-state index in [1.165, 1.54) is 23.8 Å². The normalized spacial score (nSPS) is 14.5. The van der Waals surface area contributed by atoms with Gasteiger partial charge in [0.2, 0.25) is 5.91 Å². The predicted octanol–water partition coefficient (Wildman–Crippen LogP) is 4.69. The maximum Gasteiger partial charge on any atom is 0.259 e. The fourth-order valence-corrected chi connectivity index (χ4v) is 5.61. The fraction of sp³-hybridized carbons (Fsp3) is 0.250. The predicted molar refractivity (Wildman–Crippen MR) is 142 cm³/mol. The minimum atomic E-state index is -0.400. The molecule has 190 valence electrons. The lowest BCUT2D eigenvalue weighted by Crippen LogP contribution is -2.38. The van der Waals surface area contributed by atoms with Crippen LogP contribution in [0.3, 0.4) is 0 Å². The second kappa shape index (κ2) is 10.6. The molecule has 1 N–H and O–H groups in total. The molecule has 3 aromatic rings. The zero-order chi connectivity index (χ0) is 25.9. The van der Waals surface area contributed by atoms with E-state index in [2.05, 4.69) is 5.32 Å². The molecule has 0 radical (unpaired) electrons. The lowest BCUT2D eigenvalue weighted by atomic mass is 10.1. The van der Waals surface area contributed by atoms with Crippen LogP contribution in [0, 0.1) is 0 Å². The average Bonchev–Trinajstić information content (AvgIpc) is 3.43. The SMILES string of the molecule is COc1ccc(NC(=O)CN2C(=O)c3ccccc3Sc3ccc(C(=O)N4CCCC4)cc32)c(OC)c1. The van der Waals surface area contributed by atoms with E-state index in [1.54, 1.807) is 49.6 Å². The summed E-state index contributed by atoms with van der Waals surface area (Å²) in [6.07, 6.45) is 1.98. The summed E-state index contributed by atoms with van der Waals surface area (Å²) in [5.41, 5.74) is 2.00. The van der Waals surface area contributed by atoms with Crippen molar-refractivity contribution in [3.63, 3.8) is 0 Å². The molecule has 1 saturated heterocycles. The molecule has 2 aliphatic heterocycles. The quantitative estimate of drug-likeness (QED) is 0.511. The third-order valence-electron chi connectivity index (χ3n) is 6.46. The summed E-state index contributed by atoms with van der Waals surface area (Å²) in [6, 6.07) is 17.8. The number of hydrogen-bond donors (Lipinski definition) is 1. The van der Waals surface area contributed by atoms with Crippen LogP contribution < -0.4 is 19.7 Å². The molecule has 2 heterocycles. The van der Waals surface area contributed by atoms with Crippen molar-refractivity contribution in [2.75, 3.05) is 44.1 Å². The maximum absolute atomic E-state index is 13.7. The van der Waals surface area contributed by atoms with Crippen molar-refractivity contribution in [1.82, 2.24) is 4.90 Å². The van der Waals surface area contributed by atoms with Crippen molar-refractivity contribution in [3.8, 4) is 11.5 Å². The first-order chi connectivity index (χ1) is 18.0. The van der Waals surface area contributed by atoms with Gasteiger partial charge in [0.25, 0.3) is 11.8 Å². The Labute approximate surface area is 219 Å². The van der Waals surface area contributed by atoms with Crippen LogP contribution in [0.4, 0.5) is 11.4 Å². The van der Waals surface area contributed by atoms with E-state index in [-0.39, 0.29) is 18.4 Å². The number of amides is 3. The van der Waals surface area contributed by atoms with Gasteiger partial charge in [0.1, 0.15) is 18.0 Å². The zero-order valence-corrected chi connectivity index (χ0v) is 21.5. The Hall–Kier alpha value is -3.98. The summed E-state index contributed by atoms with van der Waals surface area (Å²) < 4.78 is 10.6. The highest BCUT2D eigenvalue weighted by atomic mass is 32.2. The number of anilines is 2. The van der Waals surface area contributed by atoms with E-state index in [9.17, 15) is 14.4 Å². The smallest absolute Gasteiger partial charge is 0.259 e. The Kier molecular flexibility index (Phi) is 7.05. The van der Waals surface area contributed by atoms with Gasteiger partial charge in [-0.1, -0.05) is 23.9 Å². The molecule has 2 aliphatic rings. The van der Waals surface area contributed by atoms with Gasteiger partial charge in [0, 0.05) is 34.5 Å². The number of ether oxygens (including phenoxy) is 2. The summed E-state index contributed by atoms with van der Waals surface area (Å²) in [5, 5.41) is 2.84. The molecule has 0 spiro atoms. The minimum absolute atomic E-state index is 0.0631. The molecular formula is C28H27N3O5S. The van der Waals surface area contributed by atoms with Crippen molar-refractivity contribution in [2.45, 2.75) is 22.6 Å². The van der Waals surface area contributed by atoms with E-state index in [1.807, 2.05) is 23.1 Å². The van der Waals surface area contributed by atoms with Gasteiger partial charge in [0.05, 0.1) is 31.2 Å². The molecule has 9 heteroatoms. The molecule has 0 aliphatic carbocycles. The Morgan fingerprint density at radius 1 is 0.946 bits per heavy atom. The van der Waals surface area contributed by atoms with Gasteiger partial charge < -0.3 is 19.7 Å². The van der Waals surface area contributed by atoms with Crippen molar-refractivity contribution >= 4 is 40.9 Å². The molecule has 8 nitrogen and oxygen atoms in total. The van der Waals surface area contributed by atoms with E-state index in [4.69, 9.17) is 9.47 Å². The molecule has 3 aromatic carbocycles. The van der Waals surface area contributed by atoms with Crippen LogP contribution in [0.1, 0.15) is 33.6 Å². The molecule has 0 aromatic heterocycles. The number of rotatable bonds is 6. The van der Waals surface area contributed by atoms with Gasteiger partial charge in [-0.05, 0) is 55.3 Å². The Bertz CT molecular complexity index is 1370. The number of carbonyl (C=O) groups is 3. The highest BCUT2D eigenvalue weighted by molar-refractivity contribution is 7.99. The first-order valence-corrected chi connectivity index (χ1v) is 12.8. The first kappa shape index (κ1) is 24.7.